The van der Waals surface area contributed by atoms with E-state index in [1.54, 1.807) is 36.4 Å². The second-order valence-electron chi connectivity index (χ2n) is 11.9. The molecule has 0 spiro atoms. The fourth-order valence-corrected chi connectivity index (χ4v) is 6.65. The van der Waals surface area contributed by atoms with Crippen LogP contribution in [0, 0.1) is 27.7 Å². The van der Waals surface area contributed by atoms with Gasteiger partial charge in [-0.05, 0) is 82.0 Å². The predicted octanol–water partition coefficient (Wildman–Crippen LogP) is 6.28. The van der Waals surface area contributed by atoms with Gasteiger partial charge >= 0.3 is 0 Å². The molecule has 2 amide bonds. The minimum absolute atomic E-state index is 0.0882. The highest BCUT2D eigenvalue weighted by atomic mass is 32.2. The van der Waals surface area contributed by atoms with Crippen LogP contribution < -0.4 is 9.62 Å². The van der Waals surface area contributed by atoms with Crippen molar-refractivity contribution < 1.29 is 18.0 Å². The van der Waals surface area contributed by atoms with E-state index in [2.05, 4.69) is 5.32 Å². The van der Waals surface area contributed by atoms with Crippen molar-refractivity contribution in [2.45, 2.75) is 71.5 Å². The van der Waals surface area contributed by atoms with E-state index >= 15 is 0 Å². The first-order chi connectivity index (χ1) is 21.4. The van der Waals surface area contributed by atoms with Gasteiger partial charge in [-0.2, -0.15) is 0 Å². The third kappa shape index (κ3) is 8.39. The molecule has 0 aliphatic rings. The van der Waals surface area contributed by atoms with E-state index in [0.717, 1.165) is 33.4 Å². The zero-order chi connectivity index (χ0) is 32.7. The van der Waals surface area contributed by atoms with Gasteiger partial charge in [-0.1, -0.05) is 90.0 Å². The fraction of sp³-hybridized carbons (Fsp3) is 0.297. The maximum atomic E-state index is 14.6. The smallest absolute Gasteiger partial charge is 0.264 e. The highest BCUT2D eigenvalue weighted by molar-refractivity contribution is 7.92. The molecule has 0 aromatic heterocycles. The van der Waals surface area contributed by atoms with Crippen molar-refractivity contribution in [2.24, 2.45) is 0 Å². The molecule has 4 rings (SSSR count). The van der Waals surface area contributed by atoms with Gasteiger partial charge in [-0.25, -0.2) is 8.42 Å². The SMILES string of the molecule is Cc1ccc(CN(C(=O)CN(c2cccc(C)c2C)S(=O)(=O)c2ccc(C)cc2)C(Cc2ccccc2)C(=O)NC(C)C)cc1. The molecule has 0 aliphatic heterocycles. The van der Waals surface area contributed by atoms with E-state index in [1.165, 1.54) is 9.21 Å². The molecule has 4 aromatic rings. The first-order valence-electron chi connectivity index (χ1n) is 15.2. The van der Waals surface area contributed by atoms with Crippen LogP contribution in [0.3, 0.4) is 0 Å². The topological polar surface area (TPSA) is 86.8 Å². The Morgan fingerprint density at radius 2 is 1.33 bits per heavy atom. The number of nitrogens with one attached hydrogen (secondary N) is 1. The summed E-state index contributed by atoms with van der Waals surface area (Å²) in [5.41, 5.74) is 5.80. The second-order valence-corrected chi connectivity index (χ2v) is 13.8. The summed E-state index contributed by atoms with van der Waals surface area (Å²) in [7, 11) is -4.16. The molecule has 0 bridgehead atoms. The first kappa shape index (κ1) is 33.5. The van der Waals surface area contributed by atoms with Crippen LogP contribution >= 0.6 is 0 Å². The van der Waals surface area contributed by atoms with Crippen LogP contribution in [-0.4, -0.2) is 43.8 Å². The number of hydrogen-bond donors (Lipinski definition) is 1. The molecule has 0 heterocycles. The van der Waals surface area contributed by atoms with Gasteiger partial charge in [0.1, 0.15) is 12.6 Å². The Kier molecular flexibility index (Phi) is 10.8. The highest BCUT2D eigenvalue weighted by Crippen LogP contribution is 2.29. The lowest BCUT2D eigenvalue weighted by Crippen LogP contribution is -2.54. The zero-order valence-electron chi connectivity index (χ0n) is 26.9. The Hall–Kier alpha value is -4.43. The Labute approximate surface area is 268 Å². The van der Waals surface area contributed by atoms with Crippen molar-refractivity contribution in [1.29, 1.82) is 0 Å². The normalized spacial score (nSPS) is 12.1. The van der Waals surface area contributed by atoms with Crippen LogP contribution in [-0.2, 0) is 32.6 Å². The van der Waals surface area contributed by atoms with Crippen LogP contribution in [0.25, 0.3) is 0 Å². The maximum Gasteiger partial charge on any atom is 0.264 e. The van der Waals surface area contributed by atoms with Crippen molar-refractivity contribution in [3.8, 4) is 0 Å². The molecule has 1 unspecified atom stereocenters. The van der Waals surface area contributed by atoms with Crippen molar-refractivity contribution in [2.75, 3.05) is 10.8 Å². The number of aryl methyl sites for hydroxylation is 3. The first-order valence-corrected chi connectivity index (χ1v) is 16.7. The van der Waals surface area contributed by atoms with Crippen LogP contribution in [0.4, 0.5) is 5.69 Å². The van der Waals surface area contributed by atoms with Crippen molar-refractivity contribution in [1.82, 2.24) is 10.2 Å². The number of anilines is 1. The molecule has 1 atom stereocenters. The van der Waals surface area contributed by atoms with E-state index < -0.39 is 28.5 Å². The summed E-state index contributed by atoms with van der Waals surface area (Å²) >= 11 is 0. The molecular weight excluding hydrogens is 582 g/mol. The minimum atomic E-state index is -4.16. The van der Waals surface area contributed by atoms with Crippen molar-refractivity contribution >= 4 is 27.5 Å². The fourth-order valence-electron chi connectivity index (χ4n) is 5.18. The van der Waals surface area contributed by atoms with E-state index in [1.807, 2.05) is 102 Å². The van der Waals surface area contributed by atoms with Gasteiger partial charge in [-0.3, -0.25) is 13.9 Å². The predicted molar refractivity (Wildman–Crippen MR) is 181 cm³/mol. The third-order valence-electron chi connectivity index (χ3n) is 7.91. The van der Waals surface area contributed by atoms with Crippen LogP contribution in [0.2, 0.25) is 0 Å². The maximum absolute atomic E-state index is 14.6. The largest absolute Gasteiger partial charge is 0.352 e. The average Bonchev–Trinajstić information content (AvgIpc) is 3.00. The van der Waals surface area contributed by atoms with Gasteiger partial charge in [0.05, 0.1) is 10.6 Å². The van der Waals surface area contributed by atoms with E-state index in [0.29, 0.717) is 5.69 Å². The molecule has 0 radical (unpaired) electrons. The van der Waals surface area contributed by atoms with Crippen LogP contribution in [0.1, 0.15) is 47.2 Å². The summed E-state index contributed by atoms with van der Waals surface area (Å²) in [6.07, 6.45) is 0.269. The number of carbonyl (C=O) groups excluding carboxylic acids is 2. The minimum Gasteiger partial charge on any atom is -0.352 e. The molecule has 7 nitrogen and oxygen atoms in total. The highest BCUT2D eigenvalue weighted by Gasteiger charge is 2.35. The number of carbonyl (C=O) groups is 2. The van der Waals surface area contributed by atoms with E-state index in [9.17, 15) is 18.0 Å². The number of amides is 2. The standard InChI is InChI=1S/C37H43N3O4S/c1-26(2)38-37(42)35(23-31-12-8-7-9-13-31)39(24-32-19-15-27(3)16-20-32)36(41)25-40(34-14-10-11-29(5)30(34)6)45(43,44)33-21-17-28(4)18-22-33/h7-22,26,35H,23-25H2,1-6H3,(H,38,42). The van der Waals surface area contributed by atoms with Crippen molar-refractivity contribution in [3.05, 3.63) is 130 Å². The lowest BCUT2D eigenvalue weighted by molar-refractivity contribution is -0.140. The average molecular weight is 626 g/mol. The molecule has 0 fully saturated rings. The summed E-state index contributed by atoms with van der Waals surface area (Å²) in [5.74, 6) is -0.777. The number of nitrogens with zero attached hydrogens (tertiary/aromatic N) is 2. The molecule has 4 aromatic carbocycles. The molecule has 8 heteroatoms. The van der Waals surface area contributed by atoms with Crippen LogP contribution in [0.15, 0.2) is 102 Å². The molecule has 0 saturated heterocycles. The monoisotopic (exact) mass is 625 g/mol. The number of sulfonamides is 1. The van der Waals surface area contributed by atoms with Gasteiger partial charge in [-0.15, -0.1) is 0 Å². The second kappa shape index (κ2) is 14.6. The third-order valence-corrected chi connectivity index (χ3v) is 9.68. The van der Waals surface area contributed by atoms with Gasteiger partial charge in [0, 0.05) is 19.0 Å². The van der Waals surface area contributed by atoms with Gasteiger partial charge in [0.15, 0.2) is 0 Å². The Morgan fingerprint density at radius 1 is 0.733 bits per heavy atom. The summed E-state index contributed by atoms with van der Waals surface area (Å²) in [4.78, 5) is 30.0. The molecule has 0 aliphatic carbocycles. The van der Waals surface area contributed by atoms with Crippen LogP contribution in [0.5, 0.6) is 0 Å². The molecule has 0 saturated carbocycles. The molecule has 236 valence electrons. The number of hydrogen-bond acceptors (Lipinski definition) is 4. The van der Waals surface area contributed by atoms with Gasteiger partial charge in [0.2, 0.25) is 11.8 Å². The number of benzene rings is 4. The lowest BCUT2D eigenvalue weighted by Gasteiger charge is -2.34. The van der Waals surface area contributed by atoms with Gasteiger partial charge in [0.25, 0.3) is 10.0 Å². The molecule has 1 N–H and O–H groups in total. The summed E-state index contributed by atoms with van der Waals surface area (Å²) in [5, 5.41) is 2.99. The number of rotatable bonds is 12. The summed E-state index contributed by atoms with van der Waals surface area (Å²) in [6.45, 7) is 11.0. The molecule has 45 heavy (non-hydrogen) atoms. The lowest BCUT2D eigenvalue weighted by atomic mass is 10.0. The Morgan fingerprint density at radius 3 is 1.93 bits per heavy atom. The molecular formula is C37H43N3O4S. The van der Waals surface area contributed by atoms with Gasteiger partial charge < -0.3 is 10.2 Å². The van der Waals surface area contributed by atoms with Crippen molar-refractivity contribution in [3.63, 3.8) is 0 Å². The van der Waals surface area contributed by atoms with E-state index in [4.69, 9.17) is 0 Å². The summed E-state index contributed by atoms with van der Waals surface area (Å²) in [6, 6.07) is 28.3. The van der Waals surface area contributed by atoms with E-state index in [-0.39, 0.29) is 29.8 Å². The Bertz CT molecular complexity index is 1720. The summed E-state index contributed by atoms with van der Waals surface area (Å²) < 4.78 is 29.7. The quantitative estimate of drug-likeness (QED) is 0.201. The Balaban J connectivity index is 1.83. The zero-order valence-corrected chi connectivity index (χ0v) is 27.8.